The normalized spacial score (nSPS) is 10.0. The molecule has 0 aliphatic rings. The third kappa shape index (κ3) is 2.69. The van der Waals surface area contributed by atoms with Crippen molar-refractivity contribution < 1.29 is 4.79 Å². The van der Waals surface area contributed by atoms with E-state index in [-0.39, 0.29) is 24.3 Å². The van der Waals surface area contributed by atoms with E-state index in [4.69, 9.17) is 16.9 Å². The number of rotatable bonds is 2. The molecule has 0 saturated carbocycles. The van der Waals surface area contributed by atoms with Gasteiger partial charge in [0.15, 0.2) is 5.96 Å². The Kier molecular flexibility index (Phi) is 4.52. The summed E-state index contributed by atoms with van der Waals surface area (Å²) in [6.45, 7) is 0.408. The van der Waals surface area contributed by atoms with Gasteiger partial charge in [-0.2, -0.15) is 0 Å². The van der Waals surface area contributed by atoms with E-state index in [2.05, 4.69) is 4.98 Å². The number of benzene rings is 1. The van der Waals surface area contributed by atoms with Gasteiger partial charge in [-0.25, -0.2) is 0 Å². The minimum Gasteiger partial charge on any atom is -0.370 e. The SMILES string of the molecule is CN(C(=N)N)C(=O)c1cc2c(CN)cccc2[nH]1.Cl. The molecule has 7 heteroatoms. The molecule has 1 aromatic carbocycles. The largest absolute Gasteiger partial charge is 0.370 e. The molecule has 0 bridgehead atoms. The van der Waals surface area contributed by atoms with Crippen molar-refractivity contribution >= 4 is 35.2 Å². The Morgan fingerprint density at radius 3 is 2.74 bits per heavy atom. The topological polar surface area (TPSA) is 112 Å². The Morgan fingerprint density at radius 2 is 2.16 bits per heavy atom. The van der Waals surface area contributed by atoms with E-state index >= 15 is 0 Å². The average Bonchev–Trinajstić information content (AvgIpc) is 2.80. The van der Waals surface area contributed by atoms with Gasteiger partial charge in [0.25, 0.3) is 5.91 Å². The summed E-state index contributed by atoms with van der Waals surface area (Å²) in [7, 11) is 1.46. The molecule has 19 heavy (non-hydrogen) atoms. The van der Waals surface area contributed by atoms with Crippen LogP contribution in [0.1, 0.15) is 16.1 Å². The molecule has 0 fully saturated rings. The van der Waals surface area contributed by atoms with Gasteiger partial charge in [-0.05, 0) is 17.7 Å². The third-order valence-electron chi connectivity index (χ3n) is 2.87. The molecule has 1 heterocycles. The summed E-state index contributed by atoms with van der Waals surface area (Å²) < 4.78 is 0. The van der Waals surface area contributed by atoms with E-state index in [0.29, 0.717) is 12.2 Å². The fourth-order valence-electron chi connectivity index (χ4n) is 1.80. The summed E-state index contributed by atoms with van der Waals surface area (Å²) in [5.41, 5.74) is 13.1. The molecule has 6 nitrogen and oxygen atoms in total. The molecule has 0 aliphatic carbocycles. The van der Waals surface area contributed by atoms with Crippen LogP contribution in [0.15, 0.2) is 24.3 Å². The Bertz CT molecular complexity index is 622. The predicted molar refractivity (Wildman–Crippen MR) is 77.4 cm³/mol. The second-order valence-electron chi connectivity index (χ2n) is 4.01. The third-order valence-corrected chi connectivity index (χ3v) is 2.87. The number of aromatic nitrogens is 1. The number of nitrogens with two attached hydrogens (primary N) is 2. The zero-order valence-corrected chi connectivity index (χ0v) is 11.3. The lowest BCUT2D eigenvalue weighted by molar-refractivity contribution is 0.0864. The summed E-state index contributed by atoms with van der Waals surface area (Å²) in [5, 5.41) is 8.16. The quantitative estimate of drug-likeness (QED) is 0.487. The maximum absolute atomic E-state index is 12.0. The summed E-state index contributed by atoms with van der Waals surface area (Å²) >= 11 is 0. The molecule has 1 aromatic heterocycles. The van der Waals surface area contributed by atoms with Gasteiger partial charge in [-0.15, -0.1) is 12.4 Å². The molecule has 0 spiro atoms. The summed E-state index contributed by atoms with van der Waals surface area (Å²) in [4.78, 5) is 16.1. The van der Waals surface area contributed by atoms with Crippen LogP contribution in [0.2, 0.25) is 0 Å². The molecule has 0 atom stereocenters. The summed E-state index contributed by atoms with van der Waals surface area (Å²) in [6.07, 6.45) is 0. The number of guanidine groups is 1. The monoisotopic (exact) mass is 281 g/mol. The van der Waals surface area contributed by atoms with Crippen molar-refractivity contribution in [2.24, 2.45) is 11.5 Å². The van der Waals surface area contributed by atoms with Gasteiger partial charge in [-0.3, -0.25) is 15.1 Å². The molecule has 2 rings (SSSR count). The maximum Gasteiger partial charge on any atom is 0.276 e. The number of carbonyl (C=O) groups is 1. The van der Waals surface area contributed by atoms with Crippen LogP contribution in [0.5, 0.6) is 0 Å². The molecule has 2 aromatic rings. The fraction of sp³-hybridized carbons (Fsp3) is 0.167. The van der Waals surface area contributed by atoms with Crippen LogP contribution < -0.4 is 11.5 Å². The number of fused-ring (bicyclic) bond motifs is 1. The number of H-pyrrole nitrogens is 1. The molecule has 0 radical (unpaired) electrons. The number of halogens is 1. The van der Waals surface area contributed by atoms with Gasteiger partial charge in [0, 0.05) is 24.5 Å². The first-order valence-electron chi connectivity index (χ1n) is 5.47. The van der Waals surface area contributed by atoms with E-state index in [1.165, 1.54) is 7.05 Å². The molecule has 0 aliphatic heterocycles. The van der Waals surface area contributed by atoms with Gasteiger partial charge < -0.3 is 16.5 Å². The number of hydrogen-bond donors (Lipinski definition) is 4. The minimum atomic E-state index is -0.346. The zero-order valence-electron chi connectivity index (χ0n) is 10.4. The molecule has 6 N–H and O–H groups in total. The number of nitrogens with one attached hydrogen (secondary N) is 2. The lowest BCUT2D eigenvalue weighted by atomic mass is 10.1. The Labute approximate surface area is 116 Å². The lowest BCUT2D eigenvalue weighted by Crippen LogP contribution is -2.38. The van der Waals surface area contributed by atoms with Crippen molar-refractivity contribution in [2.45, 2.75) is 6.54 Å². The van der Waals surface area contributed by atoms with Crippen molar-refractivity contribution in [2.75, 3.05) is 7.05 Å². The van der Waals surface area contributed by atoms with Crippen LogP contribution in [0.3, 0.4) is 0 Å². The van der Waals surface area contributed by atoms with Crippen molar-refractivity contribution in [3.63, 3.8) is 0 Å². The van der Waals surface area contributed by atoms with Gasteiger partial charge >= 0.3 is 0 Å². The van der Waals surface area contributed by atoms with Crippen LogP contribution in [0.25, 0.3) is 10.9 Å². The number of aromatic amines is 1. The van der Waals surface area contributed by atoms with Crippen molar-refractivity contribution in [1.82, 2.24) is 9.88 Å². The van der Waals surface area contributed by atoms with Crippen LogP contribution in [-0.4, -0.2) is 28.8 Å². The van der Waals surface area contributed by atoms with Crippen molar-refractivity contribution in [1.29, 1.82) is 5.41 Å². The predicted octanol–water partition coefficient (Wildman–Crippen LogP) is 1.01. The number of nitrogens with zero attached hydrogens (tertiary/aromatic N) is 1. The first-order chi connectivity index (χ1) is 8.54. The summed E-state index contributed by atoms with van der Waals surface area (Å²) in [5.74, 6) is -0.639. The standard InChI is InChI=1S/C12H15N5O.ClH/c1-17(12(14)15)11(18)10-5-8-7(6-13)3-2-4-9(8)16-10;/h2-5,16H,6,13H2,1H3,(H3,14,15);1H. The highest BCUT2D eigenvalue weighted by atomic mass is 35.5. The minimum absolute atomic E-state index is 0. The van der Waals surface area contributed by atoms with E-state index < -0.39 is 0 Å². The van der Waals surface area contributed by atoms with Crippen LogP contribution >= 0.6 is 12.4 Å². The molecule has 0 saturated heterocycles. The highest BCUT2D eigenvalue weighted by molar-refractivity contribution is 6.05. The van der Waals surface area contributed by atoms with E-state index in [1.807, 2.05) is 18.2 Å². The first-order valence-corrected chi connectivity index (χ1v) is 5.47. The zero-order chi connectivity index (χ0) is 13.3. The molecular weight excluding hydrogens is 266 g/mol. The molecule has 1 amide bonds. The van der Waals surface area contributed by atoms with Crippen LogP contribution in [-0.2, 0) is 6.54 Å². The van der Waals surface area contributed by atoms with Gasteiger partial charge in [-0.1, -0.05) is 12.1 Å². The lowest BCUT2D eigenvalue weighted by Gasteiger charge is -2.12. The van der Waals surface area contributed by atoms with E-state index in [9.17, 15) is 4.79 Å². The smallest absolute Gasteiger partial charge is 0.276 e. The Hall–Kier alpha value is -2.05. The highest BCUT2D eigenvalue weighted by Gasteiger charge is 2.16. The second-order valence-corrected chi connectivity index (χ2v) is 4.01. The Balaban J connectivity index is 0.00000180. The van der Waals surface area contributed by atoms with Crippen LogP contribution in [0, 0.1) is 5.41 Å². The van der Waals surface area contributed by atoms with E-state index in [1.54, 1.807) is 6.07 Å². The first kappa shape index (κ1) is 15.0. The molecule has 0 unspecified atom stereocenters. The molecule has 102 valence electrons. The number of carbonyl (C=O) groups excluding carboxylic acids is 1. The highest BCUT2D eigenvalue weighted by Crippen LogP contribution is 2.20. The maximum atomic E-state index is 12.0. The van der Waals surface area contributed by atoms with Crippen LogP contribution in [0.4, 0.5) is 0 Å². The van der Waals surface area contributed by atoms with Gasteiger partial charge in [0.2, 0.25) is 0 Å². The van der Waals surface area contributed by atoms with Gasteiger partial charge in [0.1, 0.15) is 5.69 Å². The van der Waals surface area contributed by atoms with E-state index in [0.717, 1.165) is 21.4 Å². The summed E-state index contributed by atoms with van der Waals surface area (Å²) in [6, 6.07) is 7.40. The fourth-order valence-corrected chi connectivity index (χ4v) is 1.80. The average molecular weight is 282 g/mol. The van der Waals surface area contributed by atoms with Crippen molar-refractivity contribution in [3.05, 3.63) is 35.5 Å². The van der Waals surface area contributed by atoms with Crippen molar-refractivity contribution in [3.8, 4) is 0 Å². The second kappa shape index (κ2) is 5.73. The molecular formula is C12H16ClN5O. The van der Waals surface area contributed by atoms with Gasteiger partial charge in [0.05, 0.1) is 0 Å². The number of hydrogen-bond acceptors (Lipinski definition) is 3. The number of amides is 1. The Morgan fingerprint density at radius 1 is 1.47 bits per heavy atom.